The minimum absolute atomic E-state index is 0.326. The summed E-state index contributed by atoms with van der Waals surface area (Å²) in [4.78, 5) is 37.0. The van der Waals surface area contributed by atoms with Crippen molar-refractivity contribution in [3.8, 4) is 0 Å². The Kier molecular flexibility index (Phi) is 6.29. The number of thiophene rings is 1. The lowest BCUT2D eigenvalue weighted by atomic mass is 9.87. The molecule has 3 rings (SSSR count). The van der Waals surface area contributed by atoms with Crippen LogP contribution in [0.4, 0.5) is 5.00 Å². The van der Waals surface area contributed by atoms with Crippen molar-refractivity contribution in [3.05, 3.63) is 16.0 Å². The highest BCUT2D eigenvalue weighted by molar-refractivity contribution is 7.17. The summed E-state index contributed by atoms with van der Waals surface area (Å²) in [6.07, 6.45) is 9.90. The quantitative estimate of drug-likeness (QED) is 0.743. The van der Waals surface area contributed by atoms with Crippen LogP contribution in [0.2, 0.25) is 0 Å². The fraction of sp³-hybridized carbons (Fsp3) is 0.632. The number of nitrogens with one attached hydrogen (secondary N) is 1. The first-order valence-electron chi connectivity index (χ1n) is 9.44. The van der Waals surface area contributed by atoms with E-state index in [0.29, 0.717) is 22.9 Å². The maximum absolute atomic E-state index is 12.2. The van der Waals surface area contributed by atoms with Crippen LogP contribution in [-0.4, -0.2) is 24.4 Å². The van der Waals surface area contributed by atoms with Crippen molar-refractivity contribution in [2.45, 2.75) is 64.2 Å². The molecule has 2 aliphatic carbocycles. The van der Waals surface area contributed by atoms with Crippen LogP contribution in [0.25, 0.3) is 0 Å². The lowest BCUT2D eigenvalue weighted by Crippen LogP contribution is -2.23. The molecule has 1 fully saturated rings. The molecular formula is C19H26N2O4S. The monoisotopic (exact) mass is 378 g/mol. The zero-order valence-corrected chi connectivity index (χ0v) is 15.8. The Bertz CT molecular complexity index is 692. The minimum atomic E-state index is -0.519. The Labute approximate surface area is 157 Å². The predicted molar refractivity (Wildman–Crippen MR) is 100 cm³/mol. The second-order valence-electron chi connectivity index (χ2n) is 7.20. The van der Waals surface area contributed by atoms with Gasteiger partial charge in [0.05, 0.1) is 5.56 Å². The van der Waals surface area contributed by atoms with Crippen molar-refractivity contribution in [2.75, 3.05) is 11.9 Å². The van der Waals surface area contributed by atoms with Crippen LogP contribution >= 0.6 is 11.3 Å². The van der Waals surface area contributed by atoms with Crippen LogP contribution in [0.15, 0.2) is 0 Å². The summed E-state index contributed by atoms with van der Waals surface area (Å²) >= 11 is 1.41. The second kappa shape index (κ2) is 8.66. The van der Waals surface area contributed by atoms with E-state index >= 15 is 0 Å². The molecule has 26 heavy (non-hydrogen) atoms. The minimum Gasteiger partial charge on any atom is -0.456 e. The zero-order valence-electron chi connectivity index (χ0n) is 15.0. The molecule has 0 spiro atoms. The molecule has 142 valence electrons. The number of rotatable bonds is 6. The van der Waals surface area contributed by atoms with Crippen LogP contribution in [-0.2, 0) is 27.2 Å². The van der Waals surface area contributed by atoms with Gasteiger partial charge in [0.2, 0.25) is 0 Å². The number of hydrogen-bond donors (Lipinski definition) is 2. The average Bonchev–Trinajstić information content (AvgIpc) is 2.98. The third-order valence-electron chi connectivity index (χ3n) is 5.21. The lowest BCUT2D eigenvalue weighted by Gasteiger charge is -2.20. The molecule has 3 N–H and O–H groups in total. The topological polar surface area (TPSA) is 98.5 Å². The summed E-state index contributed by atoms with van der Waals surface area (Å²) in [6.45, 7) is -0.327. The molecule has 2 aliphatic rings. The Morgan fingerprint density at radius 1 is 1.08 bits per heavy atom. The summed E-state index contributed by atoms with van der Waals surface area (Å²) in [7, 11) is 0. The van der Waals surface area contributed by atoms with Gasteiger partial charge in [0.15, 0.2) is 6.61 Å². The molecule has 0 atom stereocenters. The molecular weight excluding hydrogens is 352 g/mol. The predicted octanol–water partition coefficient (Wildman–Crippen LogP) is 3.18. The highest BCUT2D eigenvalue weighted by Crippen LogP contribution is 2.37. The molecule has 2 amide bonds. The van der Waals surface area contributed by atoms with Crippen LogP contribution in [0.3, 0.4) is 0 Å². The van der Waals surface area contributed by atoms with Gasteiger partial charge in [-0.3, -0.25) is 14.4 Å². The Balaban J connectivity index is 1.54. The van der Waals surface area contributed by atoms with Crippen LogP contribution in [0.5, 0.6) is 0 Å². The van der Waals surface area contributed by atoms with Crippen molar-refractivity contribution in [2.24, 2.45) is 11.7 Å². The van der Waals surface area contributed by atoms with Gasteiger partial charge in [0.25, 0.3) is 11.8 Å². The molecule has 0 bridgehead atoms. The number of ether oxygens (including phenoxy) is 1. The van der Waals surface area contributed by atoms with Gasteiger partial charge in [0, 0.05) is 11.3 Å². The Hall–Kier alpha value is -1.89. The van der Waals surface area contributed by atoms with E-state index in [4.69, 9.17) is 10.5 Å². The van der Waals surface area contributed by atoms with E-state index in [1.54, 1.807) is 0 Å². The molecule has 1 aromatic heterocycles. The fourth-order valence-corrected chi connectivity index (χ4v) is 5.22. The van der Waals surface area contributed by atoms with Gasteiger partial charge >= 0.3 is 5.97 Å². The van der Waals surface area contributed by atoms with Gasteiger partial charge in [0.1, 0.15) is 5.00 Å². The van der Waals surface area contributed by atoms with Crippen molar-refractivity contribution in [1.29, 1.82) is 0 Å². The molecule has 1 heterocycles. The number of primary amides is 1. The molecule has 0 radical (unpaired) electrons. The number of fused-ring (bicyclic) bond motifs is 1. The standard InChI is InChI=1S/C19H26N2O4S/c20-18(24)17-13-8-4-5-9-14(13)26-19(17)21-15(22)11-25-16(23)10-12-6-2-1-3-7-12/h12H,1-11H2,(H2,20,24)(H,21,22). The Morgan fingerprint density at radius 3 is 2.54 bits per heavy atom. The molecule has 1 saturated carbocycles. The van der Waals surface area contributed by atoms with Crippen molar-refractivity contribution in [3.63, 3.8) is 0 Å². The maximum atomic E-state index is 12.2. The lowest BCUT2D eigenvalue weighted by molar-refractivity contribution is -0.148. The number of anilines is 1. The van der Waals surface area contributed by atoms with Crippen LogP contribution in [0, 0.1) is 5.92 Å². The van der Waals surface area contributed by atoms with Gasteiger partial charge in [-0.25, -0.2) is 0 Å². The van der Waals surface area contributed by atoms with Crippen molar-refractivity contribution in [1.82, 2.24) is 0 Å². The third-order valence-corrected chi connectivity index (χ3v) is 6.42. The van der Waals surface area contributed by atoms with Gasteiger partial charge in [-0.15, -0.1) is 11.3 Å². The normalized spacial score (nSPS) is 17.4. The number of hydrogen-bond acceptors (Lipinski definition) is 5. The molecule has 1 aromatic rings. The van der Waals surface area contributed by atoms with Gasteiger partial charge in [-0.1, -0.05) is 19.3 Å². The zero-order chi connectivity index (χ0) is 18.5. The van der Waals surface area contributed by atoms with Gasteiger partial charge in [-0.05, 0) is 50.0 Å². The summed E-state index contributed by atoms with van der Waals surface area (Å²) in [5, 5.41) is 3.19. The molecule has 0 aromatic carbocycles. The highest BCUT2D eigenvalue weighted by atomic mass is 32.1. The van der Waals surface area contributed by atoms with E-state index in [9.17, 15) is 14.4 Å². The van der Waals surface area contributed by atoms with Gasteiger partial charge in [-0.2, -0.15) is 0 Å². The van der Waals surface area contributed by atoms with E-state index < -0.39 is 11.8 Å². The summed E-state index contributed by atoms with van der Waals surface area (Å²) in [5.74, 6) is -0.894. The maximum Gasteiger partial charge on any atom is 0.306 e. The van der Waals surface area contributed by atoms with E-state index in [1.165, 1.54) is 17.8 Å². The van der Waals surface area contributed by atoms with E-state index in [-0.39, 0.29) is 12.6 Å². The van der Waals surface area contributed by atoms with Gasteiger partial charge < -0.3 is 15.8 Å². The molecule has 0 aliphatic heterocycles. The summed E-state index contributed by atoms with van der Waals surface area (Å²) in [5.41, 5.74) is 6.91. The van der Waals surface area contributed by atoms with E-state index in [1.807, 2.05) is 0 Å². The number of carbonyl (C=O) groups excluding carboxylic acids is 3. The smallest absolute Gasteiger partial charge is 0.306 e. The number of amides is 2. The Morgan fingerprint density at radius 2 is 1.81 bits per heavy atom. The SMILES string of the molecule is NC(=O)c1c(NC(=O)COC(=O)CC2CCCCC2)sc2c1CCCC2. The number of carbonyl (C=O) groups is 3. The number of nitrogens with two attached hydrogens (primary N) is 1. The first kappa shape index (κ1) is 18.9. The molecule has 0 unspecified atom stereocenters. The third kappa shape index (κ3) is 4.63. The molecule has 0 saturated heterocycles. The molecule has 7 heteroatoms. The number of esters is 1. The number of aryl methyl sites for hydroxylation is 1. The second-order valence-corrected chi connectivity index (χ2v) is 8.30. The van der Waals surface area contributed by atoms with Crippen molar-refractivity contribution >= 4 is 34.1 Å². The molecule has 6 nitrogen and oxygen atoms in total. The summed E-state index contributed by atoms with van der Waals surface area (Å²) < 4.78 is 5.12. The first-order chi connectivity index (χ1) is 12.5. The van der Waals surface area contributed by atoms with Crippen LogP contribution < -0.4 is 11.1 Å². The largest absolute Gasteiger partial charge is 0.456 e. The van der Waals surface area contributed by atoms with E-state index in [2.05, 4.69) is 5.32 Å². The summed E-state index contributed by atoms with van der Waals surface area (Å²) in [6, 6.07) is 0. The fourth-order valence-electron chi connectivity index (χ4n) is 3.91. The average molecular weight is 378 g/mol. The highest BCUT2D eigenvalue weighted by Gasteiger charge is 2.25. The van der Waals surface area contributed by atoms with Crippen LogP contribution in [0.1, 0.15) is 72.2 Å². The van der Waals surface area contributed by atoms with Crippen molar-refractivity contribution < 1.29 is 19.1 Å². The van der Waals surface area contributed by atoms with E-state index in [0.717, 1.165) is 61.8 Å². The first-order valence-corrected chi connectivity index (χ1v) is 10.3.